The van der Waals surface area contributed by atoms with Crippen LogP contribution in [0.2, 0.25) is 0 Å². The number of carbonyl (C=O) groups excluding carboxylic acids is 1. The maximum atomic E-state index is 12.6. The number of halogens is 1. The summed E-state index contributed by atoms with van der Waals surface area (Å²) in [5.74, 6) is 1.44. The lowest BCUT2D eigenvalue weighted by Gasteiger charge is -2.28. The van der Waals surface area contributed by atoms with Crippen molar-refractivity contribution in [3.63, 3.8) is 0 Å². The number of nitrogens with zero attached hydrogens (tertiary/aromatic N) is 1. The smallest absolute Gasteiger partial charge is 0.236 e. The molecule has 0 saturated carbocycles. The quantitative estimate of drug-likeness (QED) is 0.761. The zero-order valence-electron chi connectivity index (χ0n) is 11.1. The summed E-state index contributed by atoms with van der Waals surface area (Å²) >= 11 is 5.28. The molecule has 1 saturated heterocycles. The molecule has 0 radical (unpaired) electrons. The van der Waals surface area contributed by atoms with E-state index in [0.29, 0.717) is 5.91 Å². The van der Waals surface area contributed by atoms with Crippen LogP contribution in [-0.4, -0.2) is 33.7 Å². The van der Waals surface area contributed by atoms with Gasteiger partial charge in [-0.15, -0.1) is 11.8 Å². The molecule has 0 bridgehead atoms. The summed E-state index contributed by atoms with van der Waals surface area (Å²) in [6.45, 7) is 1.51. The minimum Gasteiger partial charge on any atom is -0.337 e. The van der Waals surface area contributed by atoms with Gasteiger partial charge in [-0.25, -0.2) is 0 Å². The lowest BCUT2D eigenvalue weighted by molar-refractivity contribution is -0.131. The van der Waals surface area contributed by atoms with Crippen LogP contribution in [0, 0.1) is 0 Å². The SMILES string of the molecule is O=C(C1CCCCS1)N(CCBr)Cc1ccccc1. The van der Waals surface area contributed by atoms with Gasteiger partial charge in [-0.05, 0) is 24.2 Å². The molecule has 104 valence electrons. The molecule has 1 aliphatic heterocycles. The van der Waals surface area contributed by atoms with Gasteiger partial charge < -0.3 is 4.90 Å². The van der Waals surface area contributed by atoms with E-state index in [1.54, 1.807) is 0 Å². The summed E-state index contributed by atoms with van der Waals surface area (Å²) < 4.78 is 0. The van der Waals surface area contributed by atoms with Crippen LogP contribution in [0.3, 0.4) is 0 Å². The van der Waals surface area contributed by atoms with Crippen LogP contribution in [0.1, 0.15) is 24.8 Å². The number of thioether (sulfide) groups is 1. The molecule has 1 atom stereocenters. The first-order valence-corrected chi connectivity index (χ1v) is 8.98. The van der Waals surface area contributed by atoms with Crippen molar-refractivity contribution in [2.45, 2.75) is 31.1 Å². The first-order chi connectivity index (χ1) is 9.31. The molecule has 0 aromatic heterocycles. The van der Waals surface area contributed by atoms with Crippen molar-refractivity contribution >= 4 is 33.6 Å². The number of benzene rings is 1. The van der Waals surface area contributed by atoms with Gasteiger partial charge in [0.05, 0.1) is 5.25 Å². The standard InChI is InChI=1S/C15H20BrNOS/c16-9-10-17(12-13-6-2-1-3-7-13)15(18)14-8-4-5-11-19-14/h1-3,6-7,14H,4-5,8-12H2. The lowest BCUT2D eigenvalue weighted by Crippen LogP contribution is -2.39. The van der Waals surface area contributed by atoms with Crippen molar-refractivity contribution < 1.29 is 4.79 Å². The summed E-state index contributed by atoms with van der Waals surface area (Å²) in [4.78, 5) is 14.6. The Hall–Kier alpha value is -0.480. The fraction of sp³-hybridized carbons (Fsp3) is 0.533. The molecule has 0 spiro atoms. The highest BCUT2D eigenvalue weighted by Gasteiger charge is 2.26. The van der Waals surface area contributed by atoms with Crippen LogP contribution < -0.4 is 0 Å². The topological polar surface area (TPSA) is 20.3 Å². The second-order valence-electron chi connectivity index (χ2n) is 4.79. The minimum atomic E-state index is 0.177. The minimum absolute atomic E-state index is 0.177. The number of rotatable bonds is 5. The van der Waals surface area contributed by atoms with Crippen molar-refractivity contribution in [3.8, 4) is 0 Å². The van der Waals surface area contributed by atoms with Crippen molar-refractivity contribution in [3.05, 3.63) is 35.9 Å². The molecule has 0 aliphatic carbocycles. The van der Waals surface area contributed by atoms with Gasteiger partial charge in [0.1, 0.15) is 0 Å². The third kappa shape index (κ3) is 4.53. The van der Waals surface area contributed by atoms with Crippen molar-refractivity contribution in [2.75, 3.05) is 17.6 Å². The maximum absolute atomic E-state index is 12.6. The van der Waals surface area contributed by atoms with E-state index in [9.17, 15) is 4.79 Å². The first kappa shape index (κ1) is 14.9. The van der Waals surface area contributed by atoms with Crippen LogP contribution in [0.25, 0.3) is 0 Å². The Morgan fingerprint density at radius 2 is 2.11 bits per heavy atom. The van der Waals surface area contributed by atoms with Crippen LogP contribution in [0.5, 0.6) is 0 Å². The van der Waals surface area contributed by atoms with E-state index in [4.69, 9.17) is 0 Å². The Morgan fingerprint density at radius 3 is 2.74 bits per heavy atom. The molecule has 0 N–H and O–H groups in total. The second kappa shape index (κ2) is 7.95. The summed E-state index contributed by atoms with van der Waals surface area (Å²) in [6.07, 6.45) is 3.49. The van der Waals surface area contributed by atoms with Gasteiger partial charge >= 0.3 is 0 Å². The zero-order chi connectivity index (χ0) is 13.5. The van der Waals surface area contributed by atoms with Gasteiger partial charge in [-0.3, -0.25) is 4.79 Å². The average molecular weight is 342 g/mol. The summed E-state index contributed by atoms with van der Waals surface area (Å²) in [7, 11) is 0. The fourth-order valence-corrected chi connectivity index (χ4v) is 4.02. The summed E-state index contributed by atoms with van der Waals surface area (Å²) in [6, 6.07) is 10.2. The molecule has 19 heavy (non-hydrogen) atoms. The second-order valence-corrected chi connectivity index (χ2v) is 6.89. The van der Waals surface area contributed by atoms with Crippen molar-refractivity contribution in [2.24, 2.45) is 0 Å². The third-order valence-corrected chi connectivity index (χ3v) is 5.06. The molecule has 1 aromatic carbocycles. The van der Waals surface area contributed by atoms with E-state index in [-0.39, 0.29) is 5.25 Å². The lowest BCUT2D eigenvalue weighted by atomic mass is 10.1. The normalized spacial score (nSPS) is 19.1. The Balaban J connectivity index is 2.00. The Kier molecular flexibility index (Phi) is 6.24. The van der Waals surface area contributed by atoms with E-state index in [0.717, 1.165) is 30.6 Å². The average Bonchev–Trinajstić information content (AvgIpc) is 2.48. The maximum Gasteiger partial charge on any atom is 0.236 e. The molecule has 1 fully saturated rings. The van der Waals surface area contributed by atoms with Gasteiger partial charge in [0, 0.05) is 18.4 Å². The highest BCUT2D eigenvalue weighted by molar-refractivity contribution is 9.09. The molecular weight excluding hydrogens is 322 g/mol. The predicted molar refractivity (Wildman–Crippen MR) is 85.8 cm³/mol. The van der Waals surface area contributed by atoms with Gasteiger partial charge in [0.2, 0.25) is 5.91 Å². The molecule has 2 nitrogen and oxygen atoms in total. The molecule has 1 amide bonds. The van der Waals surface area contributed by atoms with Crippen LogP contribution in [0.15, 0.2) is 30.3 Å². The first-order valence-electron chi connectivity index (χ1n) is 6.81. The van der Waals surface area contributed by atoms with E-state index >= 15 is 0 Å². The predicted octanol–water partition coefficient (Wildman–Crippen LogP) is 3.70. The van der Waals surface area contributed by atoms with Crippen molar-refractivity contribution in [1.82, 2.24) is 4.90 Å². The van der Waals surface area contributed by atoms with Crippen LogP contribution in [0.4, 0.5) is 0 Å². The largest absolute Gasteiger partial charge is 0.337 e. The molecular formula is C15H20BrNOS. The fourth-order valence-electron chi connectivity index (χ4n) is 2.31. The van der Waals surface area contributed by atoms with Gasteiger partial charge in [-0.2, -0.15) is 0 Å². The summed E-state index contributed by atoms with van der Waals surface area (Å²) in [5, 5.41) is 1.01. The van der Waals surface area contributed by atoms with Crippen LogP contribution >= 0.6 is 27.7 Å². The number of hydrogen-bond donors (Lipinski definition) is 0. The van der Waals surface area contributed by atoms with E-state index < -0.39 is 0 Å². The van der Waals surface area contributed by atoms with E-state index in [2.05, 4.69) is 28.1 Å². The van der Waals surface area contributed by atoms with Gasteiger partial charge in [-0.1, -0.05) is 52.7 Å². The summed E-state index contributed by atoms with van der Waals surface area (Å²) in [5.41, 5.74) is 1.21. The van der Waals surface area contributed by atoms with E-state index in [1.807, 2.05) is 34.9 Å². The third-order valence-electron chi connectivity index (χ3n) is 3.34. The molecule has 1 aliphatic rings. The molecule has 2 rings (SSSR count). The highest BCUT2D eigenvalue weighted by atomic mass is 79.9. The zero-order valence-corrected chi connectivity index (χ0v) is 13.5. The highest BCUT2D eigenvalue weighted by Crippen LogP contribution is 2.27. The Bertz CT molecular complexity index is 392. The Morgan fingerprint density at radius 1 is 1.32 bits per heavy atom. The Labute approximate surface area is 128 Å². The number of carbonyl (C=O) groups is 1. The van der Waals surface area contributed by atoms with Crippen molar-refractivity contribution in [1.29, 1.82) is 0 Å². The molecule has 1 unspecified atom stereocenters. The number of amides is 1. The monoisotopic (exact) mass is 341 g/mol. The molecule has 1 heterocycles. The number of hydrogen-bond acceptors (Lipinski definition) is 2. The van der Waals surface area contributed by atoms with Crippen LogP contribution in [-0.2, 0) is 11.3 Å². The molecule has 4 heteroatoms. The molecule has 1 aromatic rings. The van der Waals surface area contributed by atoms with Gasteiger partial charge in [0.25, 0.3) is 0 Å². The van der Waals surface area contributed by atoms with E-state index in [1.165, 1.54) is 18.4 Å². The number of alkyl halides is 1. The van der Waals surface area contributed by atoms with Gasteiger partial charge in [0.15, 0.2) is 0 Å².